The molecule has 9 nitrogen and oxygen atoms in total. The number of aromatic amines is 1. The summed E-state index contributed by atoms with van der Waals surface area (Å²) >= 11 is 17.2. The maximum absolute atomic E-state index is 9.91. The van der Waals surface area contributed by atoms with Crippen molar-refractivity contribution in [3.63, 3.8) is 0 Å². The molecular formula is C64H79Br5N8O. The fourth-order valence-corrected chi connectivity index (χ4v) is 9.67. The summed E-state index contributed by atoms with van der Waals surface area (Å²) in [7, 11) is 0. The van der Waals surface area contributed by atoms with E-state index in [0.717, 1.165) is 93.3 Å². The minimum atomic E-state index is -0.0249. The smallest absolute Gasteiger partial charge is 0.155 e. The molecule has 416 valence electrons. The molecule has 0 radical (unpaired) electrons. The van der Waals surface area contributed by atoms with Gasteiger partial charge in [0, 0.05) is 66.7 Å². The van der Waals surface area contributed by atoms with Gasteiger partial charge in [0.2, 0.25) is 0 Å². The number of phenols is 1. The van der Waals surface area contributed by atoms with Crippen LogP contribution in [0.1, 0.15) is 162 Å². The molecule has 2 aromatic carbocycles. The van der Waals surface area contributed by atoms with E-state index in [4.69, 9.17) is 0 Å². The van der Waals surface area contributed by atoms with Crippen LogP contribution < -0.4 is 0 Å². The molecule has 0 unspecified atom stereocenters. The summed E-state index contributed by atoms with van der Waals surface area (Å²) in [5, 5.41) is 16.6. The first-order valence-corrected chi connectivity index (χ1v) is 30.1. The van der Waals surface area contributed by atoms with Gasteiger partial charge in [0.25, 0.3) is 0 Å². The maximum atomic E-state index is 9.91. The van der Waals surface area contributed by atoms with E-state index in [2.05, 4.69) is 298 Å². The molecule has 6 aromatic heterocycles. The van der Waals surface area contributed by atoms with Gasteiger partial charge in [0.05, 0.1) is 0 Å². The third kappa shape index (κ3) is 22.2. The number of aryl methyl sites for hydroxylation is 4. The summed E-state index contributed by atoms with van der Waals surface area (Å²) in [6.07, 6.45) is 4.68. The lowest BCUT2D eigenvalue weighted by Gasteiger charge is -2.19. The predicted octanol–water partition coefficient (Wildman–Crippen LogP) is 19.5. The van der Waals surface area contributed by atoms with Crippen LogP contribution in [0.25, 0.3) is 22.5 Å². The summed E-state index contributed by atoms with van der Waals surface area (Å²) in [5.41, 5.74) is 13.9. The average molecular weight is 1380 g/mol. The Morgan fingerprint density at radius 1 is 0.423 bits per heavy atom. The van der Waals surface area contributed by atoms with Crippen molar-refractivity contribution in [1.82, 2.24) is 40.1 Å². The number of aromatic hydroxyl groups is 1. The molecule has 14 heteroatoms. The molecule has 0 aliphatic rings. The van der Waals surface area contributed by atoms with Crippen molar-refractivity contribution in [3.8, 4) is 28.3 Å². The SMILES string of the molecule is CC(C)(C)c1cc(-c2ccccc2O)cc(Br)n1.CC(C)(C)c1cc(-c2ncn[nH]2)cc(Br)n1.CC(C)(C)c1cc(CCc2ccccc2)cc(Br)n1.CCc1cc(Br)nc(C(C)(C)C)c1.Cc1cc(Br)nc(C(C)(C)C)c1. The molecule has 0 bridgehead atoms. The van der Waals surface area contributed by atoms with Gasteiger partial charge in [-0.25, -0.2) is 29.9 Å². The molecule has 0 aliphatic heterocycles. The number of para-hydroxylation sites is 1. The number of halogens is 5. The van der Waals surface area contributed by atoms with E-state index in [0.29, 0.717) is 0 Å². The lowest BCUT2D eigenvalue weighted by Crippen LogP contribution is -2.14. The Morgan fingerprint density at radius 3 is 1.26 bits per heavy atom. The Kier molecular flexibility index (Phi) is 24.4. The standard InChI is InChI=1S/C17H20BrN.C15H16BrNO.C11H13BrN4.C11H16BrN.C10H14BrN/c1-17(2,3)15-11-14(12-16(18)19-15)10-9-13-7-5-4-6-8-13;1-15(2,3)13-8-10(9-14(16)17-13)11-6-4-5-7-12(11)18;1-11(2,3)8-4-7(5-9(12)15-8)10-13-6-14-16-10;1-5-8-6-9(11(2,3)4)13-10(12)7-8;1-7-5-8(10(2,3)4)12-9(11)6-7/h4-8,11-12H,9-10H2,1-3H3;4-9,18H,1-3H3;4-6H,1-3H3,(H,13,14,16);6-7H,5H2,1-4H3;5-6H,1-4H3. The Labute approximate surface area is 508 Å². The first kappa shape index (κ1) is 66.0. The van der Waals surface area contributed by atoms with Crippen molar-refractivity contribution < 1.29 is 5.11 Å². The molecule has 0 atom stereocenters. The van der Waals surface area contributed by atoms with E-state index in [-0.39, 0.29) is 32.8 Å². The Hall–Kier alpha value is -4.47. The van der Waals surface area contributed by atoms with Crippen LogP contribution in [-0.2, 0) is 46.3 Å². The average Bonchev–Trinajstić information content (AvgIpc) is 3.88. The highest BCUT2D eigenvalue weighted by Crippen LogP contribution is 2.34. The van der Waals surface area contributed by atoms with Crippen LogP contribution in [0.2, 0.25) is 0 Å². The molecule has 8 rings (SSSR count). The highest BCUT2D eigenvalue weighted by molar-refractivity contribution is 9.11. The Bertz CT molecular complexity index is 3140. The largest absolute Gasteiger partial charge is 0.507 e. The lowest BCUT2D eigenvalue weighted by atomic mass is 9.90. The van der Waals surface area contributed by atoms with Crippen molar-refractivity contribution in [2.45, 2.75) is 164 Å². The number of hydrogen-bond acceptors (Lipinski definition) is 8. The van der Waals surface area contributed by atoms with Gasteiger partial charge in [-0.3, -0.25) is 5.10 Å². The van der Waals surface area contributed by atoms with Crippen LogP contribution in [0.15, 0.2) is 145 Å². The van der Waals surface area contributed by atoms with E-state index >= 15 is 0 Å². The minimum Gasteiger partial charge on any atom is -0.507 e. The monoisotopic (exact) mass is 1370 g/mol. The second kappa shape index (κ2) is 28.8. The van der Waals surface area contributed by atoms with Crippen molar-refractivity contribution in [1.29, 1.82) is 0 Å². The van der Waals surface area contributed by atoms with Crippen molar-refractivity contribution in [2.24, 2.45) is 0 Å². The second-order valence-electron chi connectivity index (χ2n) is 24.3. The van der Waals surface area contributed by atoms with Gasteiger partial charge in [0.1, 0.15) is 35.1 Å². The van der Waals surface area contributed by atoms with Gasteiger partial charge in [-0.1, -0.05) is 159 Å². The van der Waals surface area contributed by atoms with Gasteiger partial charge in [-0.05, 0) is 200 Å². The summed E-state index contributed by atoms with van der Waals surface area (Å²) in [4.78, 5) is 26.6. The molecule has 0 saturated carbocycles. The molecule has 6 heterocycles. The van der Waals surface area contributed by atoms with Crippen LogP contribution in [0, 0.1) is 6.92 Å². The zero-order chi connectivity index (χ0) is 58.4. The maximum Gasteiger partial charge on any atom is 0.155 e. The number of hydrogen-bond donors (Lipinski definition) is 2. The normalized spacial score (nSPS) is 11.7. The number of aromatic nitrogens is 8. The van der Waals surface area contributed by atoms with E-state index in [1.807, 2.05) is 48.5 Å². The van der Waals surface area contributed by atoms with Crippen LogP contribution in [0.4, 0.5) is 0 Å². The molecular weight excluding hydrogens is 1300 g/mol. The van der Waals surface area contributed by atoms with Gasteiger partial charge in [-0.2, -0.15) is 5.10 Å². The first-order chi connectivity index (χ1) is 36.1. The minimum absolute atomic E-state index is 0.0125. The molecule has 78 heavy (non-hydrogen) atoms. The number of H-pyrrole nitrogens is 1. The van der Waals surface area contributed by atoms with Crippen LogP contribution in [0.5, 0.6) is 5.75 Å². The summed E-state index contributed by atoms with van der Waals surface area (Å²) in [6, 6.07) is 38.6. The lowest BCUT2D eigenvalue weighted by molar-refractivity contribution is 0.477. The Balaban J connectivity index is 0.000000212. The topological polar surface area (TPSA) is 126 Å². The number of nitrogens with one attached hydrogen (secondary N) is 1. The predicted molar refractivity (Wildman–Crippen MR) is 344 cm³/mol. The number of benzene rings is 2. The van der Waals surface area contributed by atoms with Crippen LogP contribution in [0.3, 0.4) is 0 Å². The van der Waals surface area contributed by atoms with E-state index in [1.165, 1.54) is 28.6 Å². The van der Waals surface area contributed by atoms with Gasteiger partial charge >= 0.3 is 0 Å². The third-order valence-corrected chi connectivity index (χ3v) is 14.0. The number of pyridine rings is 5. The van der Waals surface area contributed by atoms with Crippen molar-refractivity contribution in [3.05, 3.63) is 195 Å². The molecule has 0 spiro atoms. The quantitative estimate of drug-likeness (QED) is 0.158. The zero-order valence-electron chi connectivity index (χ0n) is 48.6. The third-order valence-electron chi connectivity index (χ3n) is 11.9. The van der Waals surface area contributed by atoms with E-state index in [9.17, 15) is 5.11 Å². The molecule has 0 amide bonds. The zero-order valence-corrected chi connectivity index (χ0v) is 56.6. The number of nitrogens with zero attached hydrogens (tertiary/aromatic N) is 7. The second-order valence-corrected chi connectivity index (χ2v) is 28.3. The summed E-state index contributed by atoms with van der Waals surface area (Å²) < 4.78 is 4.40. The van der Waals surface area contributed by atoms with Gasteiger partial charge in [-0.15, -0.1) is 0 Å². The molecule has 2 N–H and O–H groups in total. The van der Waals surface area contributed by atoms with Crippen LogP contribution in [-0.4, -0.2) is 45.2 Å². The fourth-order valence-electron chi connectivity index (χ4n) is 7.28. The first-order valence-electron chi connectivity index (χ1n) is 26.1. The molecule has 0 aliphatic carbocycles. The highest BCUT2D eigenvalue weighted by atomic mass is 79.9. The van der Waals surface area contributed by atoms with Crippen molar-refractivity contribution in [2.75, 3.05) is 0 Å². The van der Waals surface area contributed by atoms with Gasteiger partial charge < -0.3 is 5.11 Å². The van der Waals surface area contributed by atoms with E-state index < -0.39 is 0 Å². The van der Waals surface area contributed by atoms with Crippen molar-refractivity contribution >= 4 is 79.6 Å². The summed E-state index contributed by atoms with van der Waals surface area (Å²) in [5.74, 6) is 1.05. The fraction of sp³-hybridized carbons (Fsp3) is 0.391. The molecule has 0 saturated heterocycles. The number of rotatable bonds is 6. The number of phenolic OH excluding ortho intramolecular Hbond substituents is 1. The van der Waals surface area contributed by atoms with E-state index in [1.54, 1.807) is 6.07 Å². The molecule has 0 fully saturated rings. The van der Waals surface area contributed by atoms with Crippen LogP contribution >= 0.6 is 79.6 Å². The molecule has 8 aromatic rings. The Morgan fingerprint density at radius 2 is 0.808 bits per heavy atom. The summed E-state index contributed by atoms with van der Waals surface area (Å²) in [6.45, 7) is 36.6. The van der Waals surface area contributed by atoms with Gasteiger partial charge in [0.15, 0.2) is 5.82 Å². The highest BCUT2D eigenvalue weighted by Gasteiger charge is 2.21.